The lowest BCUT2D eigenvalue weighted by molar-refractivity contribution is 0.0696. The number of hydrogen-bond donors (Lipinski definition) is 2. The van der Waals surface area contributed by atoms with Crippen LogP contribution in [-0.4, -0.2) is 38.0 Å². The zero-order valence-electron chi connectivity index (χ0n) is 12.5. The summed E-state index contributed by atoms with van der Waals surface area (Å²) < 4.78 is 31.9. The number of carboxylic acids is 1. The molecule has 0 bridgehead atoms. The average molecular weight is 327 g/mol. The van der Waals surface area contributed by atoms with Crippen LogP contribution in [0.3, 0.4) is 0 Å². The molecule has 1 aromatic rings. The van der Waals surface area contributed by atoms with Crippen molar-refractivity contribution in [2.45, 2.75) is 38.8 Å². The van der Waals surface area contributed by atoms with Gasteiger partial charge in [-0.1, -0.05) is 12.1 Å². The molecule has 1 fully saturated rings. The number of rotatable bonds is 7. The van der Waals surface area contributed by atoms with Gasteiger partial charge in [-0.2, -0.15) is 0 Å². The number of nitrogens with one attached hydrogen (secondary N) is 1. The van der Waals surface area contributed by atoms with Gasteiger partial charge in [-0.25, -0.2) is 17.9 Å². The van der Waals surface area contributed by atoms with Crippen LogP contribution in [0.2, 0.25) is 0 Å². The normalized spacial score (nSPS) is 18.5. The van der Waals surface area contributed by atoms with Crippen molar-refractivity contribution in [1.82, 2.24) is 4.72 Å². The highest BCUT2D eigenvalue weighted by atomic mass is 32.2. The monoisotopic (exact) mass is 327 g/mol. The Hall–Kier alpha value is -1.44. The van der Waals surface area contributed by atoms with E-state index in [0.717, 1.165) is 18.4 Å². The van der Waals surface area contributed by atoms with Gasteiger partial charge in [0.1, 0.15) is 0 Å². The quantitative estimate of drug-likeness (QED) is 0.795. The Morgan fingerprint density at radius 1 is 1.45 bits per heavy atom. The summed E-state index contributed by atoms with van der Waals surface area (Å²) in [6.45, 7) is 2.57. The second kappa shape index (κ2) is 7.21. The molecule has 1 aliphatic heterocycles. The van der Waals surface area contributed by atoms with Crippen molar-refractivity contribution in [2.75, 3.05) is 12.4 Å². The lowest BCUT2D eigenvalue weighted by Gasteiger charge is -2.11. The molecule has 2 rings (SSSR count). The Bertz CT molecular complexity index is 635. The zero-order chi connectivity index (χ0) is 16.2. The molecule has 0 aliphatic carbocycles. The van der Waals surface area contributed by atoms with E-state index in [0.29, 0.717) is 18.6 Å². The summed E-state index contributed by atoms with van der Waals surface area (Å²) in [5, 5.41) is 8.97. The fourth-order valence-corrected chi connectivity index (χ4v) is 3.60. The van der Waals surface area contributed by atoms with Gasteiger partial charge in [0.05, 0.1) is 17.4 Å². The largest absolute Gasteiger partial charge is 0.478 e. The molecule has 1 saturated heterocycles. The molecular formula is C15H21NO5S. The van der Waals surface area contributed by atoms with Gasteiger partial charge in [0.25, 0.3) is 0 Å². The maximum Gasteiger partial charge on any atom is 0.335 e. The molecule has 0 amide bonds. The highest BCUT2D eigenvalue weighted by Gasteiger charge is 2.19. The van der Waals surface area contributed by atoms with Gasteiger partial charge in [0.2, 0.25) is 10.0 Å². The molecule has 0 saturated carbocycles. The number of hydrogen-bond acceptors (Lipinski definition) is 4. The van der Waals surface area contributed by atoms with Gasteiger partial charge < -0.3 is 9.84 Å². The predicted octanol–water partition coefficient (Wildman–Crippen LogP) is 1.68. The number of aromatic carboxylic acids is 1. The van der Waals surface area contributed by atoms with Crippen LogP contribution >= 0.6 is 0 Å². The first-order valence-corrected chi connectivity index (χ1v) is 8.94. The highest BCUT2D eigenvalue weighted by molar-refractivity contribution is 7.89. The van der Waals surface area contributed by atoms with Crippen molar-refractivity contribution < 1.29 is 23.1 Å². The number of carbonyl (C=O) groups is 1. The zero-order valence-corrected chi connectivity index (χ0v) is 13.4. The minimum atomic E-state index is -3.35. The molecule has 1 aromatic carbocycles. The molecule has 122 valence electrons. The fourth-order valence-electron chi connectivity index (χ4n) is 2.50. The Kier molecular flexibility index (Phi) is 5.55. The number of sulfonamides is 1. The maximum absolute atomic E-state index is 12.0. The summed E-state index contributed by atoms with van der Waals surface area (Å²) >= 11 is 0. The minimum Gasteiger partial charge on any atom is -0.478 e. The van der Waals surface area contributed by atoms with Crippen LogP contribution in [0.5, 0.6) is 0 Å². The molecule has 1 unspecified atom stereocenters. The van der Waals surface area contributed by atoms with Gasteiger partial charge in [0.15, 0.2) is 0 Å². The van der Waals surface area contributed by atoms with E-state index in [9.17, 15) is 13.2 Å². The average Bonchev–Trinajstić information content (AvgIpc) is 2.96. The SMILES string of the molecule is Cc1cc(CNS(=O)(=O)CCC2CCCO2)ccc1C(=O)O. The third kappa shape index (κ3) is 4.79. The summed E-state index contributed by atoms with van der Waals surface area (Å²) in [6, 6.07) is 4.80. The summed E-state index contributed by atoms with van der Waals surface area (Å²) in [4.78, 5) is 10.9. The Labute approximate surface area is 130 Å². The van der Waals surface area contributed by atoms with Crippen LogP contribution < -0.4 is 4.72 Å². The Morgan fingerprint density at radius 3 is 2.82 bits per heavy atom. The minimum absolute atomic E-state index is 0.0455. The first kappa shape index (κ1) is 16.9. The van der Waals surface area contributed by atoms with E-state index in [-0.39, 0.29) is 24.0 Å². The number of aryl methyl sites for hydroxylation is 1. The summed E-state index contributed by atoms with van der Waals surface area (Å²) in [7, 11) is -3.35. The van der Waals surface area contributed by atoms with E-state index in [2.05, 4.69) is 4.72 Å². The molecule has 7 heteroatoms. The third-order valence-corrected chi connectivity index (χ3v) is 5.11. The first-order chi connectivity index (χ1) is 10.4. The van der Waals surface area contributed by atoms with Crippen molar-refractivity contribution in [1.29, 1.82) is 0 Å². The van der Waals surface area contributed by atoms with Crippen LogP contribution in [0.4, 0.5) is 0 Å². The van der Waals surface area contributed by atoms with E-state index < -0.39 is 16.0 Å². The first-order valence-electron chi connectivity index (χ1n) is 7.29. The van der Waals surface area contributed by atoms with E-state index in [1.165, 1.54) is 6.07 Å². The van der Waals surface area contributed by atoms with Crippen molar-refractivity contribution in [3.63, 3.8) is 0 Å². The molecule has 0 radical (unpaired) electrons. The van der Waals surface area contributed by atoms with Crippen molar-refractivity contribution >= 4 is 16.0 Å². The predicted molar refractivity (Wildman–Crippen MR) is 82.4 cm³/mol. The fraction of sp³-hybridized carbons (Fsp3) is 0.533. The number of carboxylic acid groups (broad SMARTS) is 1. The van der Waals surface area contributed by atoms with Crippen LogP contribution in [0.1, 0.15) is 40.7 Å². The Balaban J connectivity index is 1.88. The Morgan fingerprint density at radius 2 is 2.23 bits per heavy atom. The lowest BCUT2D eigenvalue weighted by Crippen LogP contribution is -2.27. The smallest absolute Gasteiger partial charge is 0.335 e. The topological polar surface area (TPSA) is 92.7 Å². The molecule has 2 N–H and O–H groups in total. The summed E-state index contributed by atoms with van der Waals surface area (Å²) in [5.41, 5.74) is 1.58. The van der Waals surface area contributed by atoms with Crippen molar-refractivity contribution in [2.24, 2.45) is 0 Å². The second-order valence-corrected chi connectivity index (χ2v) is 7.44. The van der Waals surface area contributed by atoms with E-state index >= 15 is 0 Å². The molecule has 6 nitrogen and oxygen atoms in total. The van der Waals surface area contributed by atoms with Crippen molar-refractivity contribution in [3.05, 3.63) is 34.9 Å². The van der Waals surface area contributed by atoms with Crippen molar-refractivity contribution in [3.8, 4) is 0 Å². The summed E-state index contributed by atoms with van der Waals surface area (Å²) in [6.07, 6.45) is 2.47. The lowest BCUT2D eigenvalue weighted by atomic mass is 10.1. The van der Waals surface area contributed by atoms with E-state index in [1.807, 2.05) is 0 Å². The molecule has 1 aliphatic rings. The maximum atomic E-state index is 12.0. The van der Waals surface area contributed by atoms with E-state index in [4.69, 9.17) is 9.84 Å². The molecule has 1 heterocycles. The van der Waals surface area contributed by atoms with Gasteiger partial charge in [-0.05, 0) is 43.4 Å². The second-order valence-electron chi connectivity index (χ2n) is 5.52. The molecule has 22 heavy (non-hydrogen) atoms. The molecule has 0 spiro atoms. The van der Waals surface area contributed by atoms with Crippen LogP contribution in [-0.2, 0) is 21.3 Å². The third-order valence-electron chi connectivity index (χ3n) is 3.75. The van der Waals surface area contributed by atoms with Gasteiger partial charge >= 0.3 is 5.97 Å². The van der Waals surface area contributed by atoms with Crippen LogP contribution in [0.15, 0.2) is 18.2 Å². The molecule has 0 aromatic heterocycles. The number of ether oxygens (including phenoxy) is 1. The highest BCUT2D eigenvalue weighted by Crippen LogP contribution is 2.16. The van der Waals surface area contributed by atoms with E-state index in [1.54, 1.807) is 19.1 Å². The van der Waals surface area contributed by atoms with Crippen LogP contribution in [0, 0.1) is 6.92 Å². The van der Waals surface area contributed by atoms with Gasteiger partial charge in [-0.15, -0.1) is 0 Å². The standard InChI is InChI=1S/C15H21NO5S/c1-11-9-12(4-5-14(11)15(17)18)10-16-22(19,20)8-6-13-3-2-7-21-13/h4-5,9,13,16H,2-3,6-8,10H2,1H3,(H,17,18). The number of benzene rings is 1. The summed E-state index contributed by atoms with van der Waals surface area (Å²) in [5.74, 6) is -0.940. The van der Waals surface area contributed by atoms with Gasteiger partial charge in [-0.3, -0.25) is 0 Å². The molecular weight excluding hydrogens is 306 g/mol. The van der Waals surface area contributed by atoms with Gasteiger partial charge in [0, 0.05) is 13.2 Å². The van der Waals surface area contributed by atoms with Crippen LogP contribution in [0.25, 0.3) is 0 Å². The molecule has 1 atom stereocenters.